The third kappa shape index (κ3) is 9.48. The zero-order valence-electron chi connectivity index (χ0n) is 17.9. The van der Waals surface area contributed by atoms with Crippen LogP contribution in [0.1, 0.15) is 52.5 Å². The Morgan fingerprint density at radius 3 is 2.61 bits per heavy atom. The van der Waals surface area contributed by atoms with Gasteiger partial charge in [-0.25, -0.2) is 4.99 Å². The second kappa shape index (κ2) is 12.9. The Morgan fingerprint density at radius 2 is 1.96 bits per heavy atom. The van der Waals surface area contributed by atoms with Gasteiger partial charge in [-0.2, -0.15) is 0 Å². The van der Waals surface area contributed by atoms with Gasteiger partial charge < -0.3 is 25.8 Å². The molecule has 1 aromatic rings. The van der Waals surface area contributed by atoms with Crippen LogP contribution in [-0.2, 0) is 11.3 Å². The number of guanidine groups is 1. The molecule has 1 rings (SSSR count). The summed E-state index contributed by atoms with van der Waals surface area (Å²) in [5.74, 6) is 2.07. The van der Waals surface area contributed by atoms with Crippen LogP contribution in [0.15, 0.2) is 23.2 Å². The Bertz CT molecular complexity index is 632. The molecule has 0 radical (unpaired) electrons. The number of aliphatic imine (C=N–C) groups is 1. The predicted molar refractivity (Wildman–Crippen MR) is 114 cm³/mol. The topological polar surface area (TPSA) is 98.0 Å². The fraction of sp³-hybridized carbons (Fsp3) is 0.619. The lowest BCUT2D eigenvalue weighted by Crippen LogP contribution is -2.38. The number of carbonyl (C=O) groups excluding carboxylic acids is 1. The highest BCUT2D eigenvalue weighted by Gasteiger charge is 2.09. The number of methoxy groups -OCH3 is 1. The fourth-order valence-corrected chi connectivity index (χ4v) is 2.70. The van der Waals surface area contributed by atoms with Crippen LogP contribution in [0.3, 0.4) is 0 Å². The number of rotatable bonds is 12. The van der Waals surface area contributed by atoms with Crippen LogP contribution in [0.5, 0.6) is 11.5 Å². The SMILES string of the molecule is CCNC(=O)COc1ccc(CN=C(N)NC(C)CCCC(C)C)cc1OC. The molecule has 0 aromatic heterocycles. The van der Waals surface area contributed by atoms with Crippen LogP contribution in [0.25, 0.3) is 0 Å². The van der Waals surface area contributed by atoms with Gasteiger partial charge in [0.05, 0.1) is 13.7 Å². The number of nitrogens with zero attached hydrogens (tertiary/aromatic N) is 1. The number of benzene rings is 1. The molecule has 0 aliphatic rings. The van der Waals surface area contributed by atoms with Gasteiger partial charge in [-0.05, 0) is 43.9 Å². The van der Waals surface area contributed by atoms with E-state index in [0.29, 0.717) is 36.6 Å². The minimum Gasteiger partial charge on any atom is -0.493 e. The molecule has 0 heterocycles. The monoisotopic (exact) mass is 392 g/mol. The van der Waals surface area contributed by atoms with Gasteiger partial charge >= 0.3 is 0 Å². The molecule has 7 nitrogen and oxygen atoms in total. The molecule has 1 unspecified atom stereocenters. The van der Waals surface area contributed by atoms with E-state index in [0.717, 1.165) is 17.9 Å². The van der Waals surface area contributed by atoms with E-state index in [4.69, 9.17) is 15.2 Å². The molecule has 0 bridgehead atoms. The van der Waals surface area contributed by atoms with Crippen molar-refractivity contribution in [3.63, 3.8) is 0 Å². The summed E-state index contributed by atoms with van der Waals surface area (Å²) >= 11 is 0. The molecule has 0 aliphatic heterocycles. The first kappa shape index (κ1) is 23.6. The summed E-state index contributed by atoms with van der Waals surface area (Å²) in [6, 6.07) is 5.80. The van der Waals surface area contributed by atoms with E-state index in [-0.39, 0.29) is 12.5 Å². The highest BCUT2D eigenvalue weighted by atomic mass is 16.5. The summed E-state index contributed by atoms with van der Waals surface area (Å²) in [5, 5.41) is 5.92. The normalized spacial score (nSPS) is 12.6. The highest BCUT2D eigenvalue weighted by molar-refractivity contribution is 5.78. The summed E-state index contributed by atoms with van der Waals surface area (Å²) in [5.41, 5.74) is 6.95. The number of ether oxygens (including phenoxy) is 2. The number of hydrogen-bond acceptors (Lipinski definition) is 4. The van der Waals surface area contributed by atoms with Crippen molar-refractivity contribution >= 4 is 11.9 Å². The van der Waals surface area contributed by atoms with Crippen LogP contribution in [0.4, 0.5) is 0 Å². The Balaban J connectivity index is 2.56. The number of carbonyl (C=O) groups is 1. The maximum atomic E-state index is 11.5. The average Bonchev–Trinajstić information content (AvgIpc) is 2.64. The van der Waals surface area contributed by atoms with Crippen molar-refractivity contribution in [3.05, 3.63) is 23.8 Å². The van der Waals surface area contributed by atoms with Gasteiger partial charge in [0.2, 0.25) is 0 Å². The lowest BCUT2D eigenvalue weighted by molar-refractivity contribution is -0.123. The van der Waals surface area contributed by atoms with Crippen molar-refractivity contribution in [1.29, 1.82) is 0 Å². The van der Waals surface area contributed by atoms with E-state index in [2.05, 4.69) is 36.4 Å². The van der Waals surface area contributed by atoms with E-state index in [9.17, 15) is 4.79 Å². The molecule has 0 saturated carbocycles. The van der Waals surface area contributed by atoms with E-state index in [1.165, 1.54) is 12.8 Å². The van der Waals surface area contributed by atoms with Crippen LogP contribution in [0, 0.1) is 5.92 Å². The summed E-state index contributed by atoms with van der Waals surface area (Å²) in [4.78, 5) is 15.9. The lowest BCUT2D eigenvalue weighted by atomic mass is 10.0. The molecule has 0 fully saturated rings. The molecule has 1 aromatic carbocycles. The zero-order valence-corrected chi connectivity index (χ0v) is 17.9. The Hall–Kier alpha value is -2.44. The minimum absolute atomic E-state index is 0.0483. The quantitative estimate of drug-likeness (QED) is 0.375. The number of nitrogens with one attached hydrogen (secondary N) is 2. The van der Waals surface area contributed by atoms with Gasteiger partial charge in [0.15, 0.2) is 24.1 Å². The average molecular weight is 393 g/mol. The molecule has 0 saturated heterocycles. The minimum atomic E-state index is -0.167. The van der Waals surface area contributed by atoms with E-state index >= 15 is 0 Å². The number of nitrogens with two attached hydrogens (primary N) is 1. The van der Waals surface area contributed by atoms with Gasteiger partial charge in [-0.3, -0.25) is 4.79 Å². The molecule has 1 amide bonds. The smallest absolute Gasteiger partial charge is 0.257 e. The molecule has 4 N–H and O–H groups in total. The fourth-order valence-electron chi connectivity index (χ4n) is 2.70. The van der Waals surface area contributed by atoms with Crippen molar-refractivity contribution in [1.82, 2.24) is 10.6 Å². The van der Waals surface area contributed by atoms with Gasteiger partial charge in [-0.15, -0.1) is 0 Å². The van der Waals surface area contributed by atoms with Crippen molar-refractivity contribution in [3.8, 4) is 11.5 Å². The first-order chi connectivity index (χ1) is 13.3. The molecule has 0 aliphatic carbocycles. The third-order valence-electron chi connectivity index (χ3n) is 4.21. The molecule has 158 valence electrons. The number of likely N-dealkylation sites (N-methyl/N-ethyl adjacent to an activating group) is 1. The van der Waals surface area contributed by atoms with Crippen LogP contribution < -0.4 is 25.8 Å². The number of hydrogen-bond donors (Lipinski definition) is 3. The third-order valence-corrected chi connectivity index (χ3v) is 4.21. The predicted octanol–water partition coefficient (Wildman–Crippen LogP) is 2.83. The van der Waals surface area contributed by atoms with E-state index in [1.54, 1.807) is 13.2 Å². The van der Waals surface area contributed by atoms with Gasteiger partial charge in [0, 0.05) is 12.6 Å². The number of amides is 1. The second-order valence-corrected chi connectivity index (χ2v) is 7.30. The molecule has 28 heavy (non-hydrogen) atoms. The lowest BCUT2D eigenvalue weighted by Gasteiger charge is -2.15. The molecule has 0 spiro atoms. The van der Waals surface area contributed by atoms with E-state index in [1.807, 2.05) is 19.1 Å². The first-order valence-corrected chi connectivity index (χ1v) is 9.98. The summed E-state index contributed by atoms with van der Waals surface area (Å²) in [6.07, 6.45) is 3.46. The first-order valence-electron chi connectivity index (χ1n) is 9.98. The van der Waals surface area contributed by atoms with Crippen molar-refractivity contribution in [2.45, 2.75) is 59.5 Å². The maximum absolute atomic E-state index is 11.5. The largest absolute Gasteiger partial charge is 0.493 e. The second-order valence-electron chi connectivity index (χ2n) is 7.30. The van der Waals surface area contributed by atoms with Gasteiger partial charge in [-0.1, -0.05) is 32.8 Å². The Labute approximate surface area is 169 Å². The van der Waals surface area contributed by atoms with Crippen molar-refractivity contribution in [2.24, 2.45) is 16.6 Å². The van der Waals surface area contributed by atoms with Gasteiger partial charge in [0.25, 0.3) is 5.91 Å². The van der Waals surface area contributed by atoms with Gasteiger partial charge in [0.1, 0.15) is 0 Å². The van der Waals surface area contributed by atoms with Crippen molar-refractivity contribution in [2.75, 3.05) is 20.3 Å². The van der Waals surface area contributed by atoms with Crippen LogP contribution in [0.2, 0.25) is 0 Å². The molecular weight excluding hydrogens is 356 g/mol. The standard InChI is InChI=1S/C21H36N4O3/c1-6-23-20(26)14-28-18-11-10-17(12-19(18)27-5)13-24-21(22)25-16(4)9-7-8-15(2)3/h10-12,15-16H,6-9,13-14H2,1-5H3,(H,23,26)(H3,22,24,25). The summed E-state index contributed by atoms with van der Waals surface area (Å²) < 4.78 is 10.9. The maximum Gasteiger partial charge on any atom is 0.257 e. The van der Waals surface area contributed by atoms with Crippen molar-refractivity contribution < 1.29 is 14.3 Å². The zero-order chi connectivity index (χ0) is 20.9. The molecule has 7 heteroatoms. The highest BCUT2D eigenvalue weighted by Crippen LogP contribution is 2.28. The Kier molecular flexibility index (Phi) is 10.8. The van der Waals surface area contributed by atoms with Crippen LogP contribution >= 0.6 is 0 Å². The molecule has 1 atom stereocenters. The van der Waals surface area contributed by atoms with Crippen LogP contribution in [-0.4, -0.2) is 38.2 Å². The summed E-state index contributed by atoms with van der Waals surface area (Å²) in [7, 11) is 1.57. The summed E-state index contributed by atoms with van der Waals surface area (Å²) in [6.45, 7) is 9.41. The Morgan fingerprint density at radius 1 is 1.21 bits per heavy atom. The molecular formula is C21H36N4O3. The van der Waals surface area contributed by atoms with E-state index < -0.39 is 0 Å².